The second-order valence-electron chi connectivity index (χ2n) is 6.79. The molecule has 1 saturated heterocycles. The van der Waals surface area contributed by atoms with Crippen LogP contribution in [0.15, 0.2) is 42.6 Å². The largest absolute Gasteiger partial charge is 0.340 e. The summed E-state index contributed by atoms with van der Waals surface area (Å²) in [5.74, 6) is 0.172. The highest BCUT2D eigenvalue weighted by atomic mass is 16.2. The van der Waals surface area contributed by atoms with Crippen LogP contribution in [0.25, 0.3) is 5.69 Å². The quantitative estimate of drug-likeness (QED) is 0.790. The number of amides is 1. The van der Waals surface area contributed by atoms with Crippen LogP contribution in [0.3, 0.4) is 0 Å². The molecule has 6 nitrogen and oxygen atoms in total. The van der Waals surface area contributed by atoms with Gasteiger partial charge < -0.3 is 9.80 Å². The van der Waals surface area contributed by atoms with Gasteiger partial charge in [-0.1, -0.05) is 18.2 Å². The van der Waals surface area contributed by atoms with E-state index >= 15 is 0 Å². The smallest absolute Gasteiger partial charge is 0.228 e. The molecule has 0 atom stereocenters. The van der Waals surface area contributed by atoms with Crippen molar-refractivity contribution >= 4 is 5.91 Å². The fraction of sp³-hybridized carbons (Fsp3) is 0.474. The number of para-hydroxylation sites is 1. The SMILES string of the molecule is CN(C)CCN1CCN(C(=O)Cc2ccn(-c3ccccc3)n2)CC1. The summed E-state index contributed by atoms with van der Waals surface area (Å²) < 4.78 is 1.82. The Morgan fingerprint density at radius 1 is 1.08 bits per heavy atom. The van der Waals surface area contributed by atoms with Gasteiger partial charge in [0.25, 0.3) is 0 Å². The fourth-order valence-electron chi connectivity index (χ4n) is 3.01. The van der Waals surface area contributed by atoms with E-state index in [2.05, 4.69) is 29.0 Å². The highest BCUT2D eigenvalue weighted by molar-refractivity contribution is 5.78. The number of carbonyl (C=O) groups excluding carboxylic acids is 1. The Morgan fingerprint density at radius 2 is 1.80 bits per heavy atom. The monoisotopic (exact) mass is 341 g/mol. The maximum Gasteiger partial charge on any atom is 0.228 e. The van der Waals surface area contributed by atoms with Crippen molar-refractivity contribution in [1.82, 2.24) is 24.5 Å². The zero-order valence-corrected chi connectivity index (χ0v) is 15.1. The third kappa shape index (κ3) is 4.90. The molecule has 3 rings (SSSR count). The van der Waals surface area contributed by atoms with Crippen LogP contribution in [0.1, 0.15) is 5.69 Å². The molecular formula is C19H27N5O. The van der Waals surface area contributed by atoms with Crippen molar-refractivity contribution < 1.29 is 4.79 Å². The molecule has 0 unspecified atom stereocenters. The Bertz CT molecular complexity index is 674. The maximum atomic E-state index is 12.5. The van der Waals surface area contributed by atoms with Gasteiger partial charge >= 0.3 is 0 Å². The molecule has 0 saturated carbocycles. The first-order valence-electron chi connectivity index (χ1n) is 8.86. The highest BCUT2D eigenvalue weighted by Crippen LogP contribution is 2.09. The minimum atomic E-state index is 0.172. The predicted octanol–water partition coefficient (Wildman–Crippen LogP) is 1.12. The van der Waals surface area contributed by atoms with E-state index in [1.165, 1.54) is 0 Å². The van der Waals surface area contributed by atoms with Crippen molar-refractivity contribution in [3.8, 4) is 5.69 Å². The number of carbonyl (C=O) groups is 1. The topological polar surface area (TPSA) is 44.6 Å². The van der Waals surface area contributed by atoms with Crippen LogP contribution in [0.5, 0.6) is 0 Å². The number of piperazine rings is 1. The predicted molar refractivity (Wildman–Crippen MR) is 98.8 cm³/mol. The second-order valence-corrected chi connectivity index (χ2v) is 6.79. The number of hydrogen-bond donors (Lipinski definition) is 0. The van der Waals surface area contributed by atoms with Crippen LogP contribution in [0.4, 0.5) is 0 Å². The zero-order chi connectivity index (χ0) is 17.6. The average Bonchev–Trinajstić information content (AvgIpc) is 3.09. The lowest BCUT2D eigenvalue weighted by Crippen LogP contribution is -2.50. The molecule has 0 aliphatic carbocycles. The second kappa shape index (κ2) is 8.27. The molecule has 1 aliphatic heterocycles. The Hall–Kier alpha value is -2.18. The summed E-state index contributed by atoms with van der Waals surface area (Å²) in [6.45, 7) is 5.66. The molecule has 25 heavy (non-hydrogen) atoms. The van der Waals surface area contributed by atoms with E-state index in [0.29, 0.717) is 6.42 Å². The molecule has 1 fully saturated rings. The molecular weight excluding hydrogens is 314 g/mol. The van der Waals surface area contributed by atoms with Crippen molar-refractivity contribution in [2.75, 3.05) is 53.4 Å². The van der Waals surface area contributed by atoms with Gasteiger partial charge in [-0.05, 0) is 32.3 Å². The van der Waals surface area contributed by atoms with E-state index in [-0.39, 0.29) is 5.91 Å². The first-order chi connectivity index (χ1) is 12.1. The van der Waals surface area contributed by atoms with Gasteiger partial charge in [-0.25, -0.2) is 4.68 Å². The first-order valence-corrected chi connectivity index (χ1v) is 8.86. The van der Waals surface area contributed by atoms with Gasteiger partial charge in [0.1, 0.15) is 0 Å². The van der Waals surface area contributed by atoms with Gasteiger partial charge in [0.15, 0.2) is 0 Å². The van der Waals surface area contributed by atoms with Crippen molar-refractivity contribution in [2.45, 2.75) is 6.42 Å². The van der Waals surface area contributed by atoms with Gasteiger partial charge in [-0.3, -0.25) is 9.69 Å². The number of aromatic nitrogens is 2. The molecule has 1 aliphatic rings. The van der Waals surface area contributed by atoms with Crippen molar-refractivity contribution in [3.05, 3.63) is 48.3 Å². The zero-order valence-electron chi connectivity index (χ0n) is 15.1. The third-order valence-electron chi connectivity index (χ3n) is 4.59. The van der Waals surface area contributed by atoms with Crippen LogP contribution in [0.2, 0.25) is 0 Å². The van der Waals surface area contributed by atoms with Crippen LogP contribution >= 0.6 is 0 Å². The van der Waals surface area contributed by atoms with Crippen molar-refractivity contribution in [2.24, 2.45) is 0 Å². The van der Waals surface area contributed by atoms with Crippen LogP contribution < -0.4 is 0 Å². The molecule has 6 heteroatoms. The van der Waals surface area contributed by atoms with Crippen molar-refractivity contribution in [3.63, 3.8) is 0 Å². The van der Waals surface area contributed by atoms with Crippen molar-refractivity contribution in [1.29, 1.82) is 0 Å². The van der Waals surface area contributed by atoms with Gasteiger partial charge in [0.05, 0.1) is 17.8 Å². The summed E-state index contributed by atoms with van der Waals surface area (Å²) in [6, 6.07) is 11.9. The van der Waals surface area contributed by atoms with Gasteiger partial charge in [-0.15, -0.1) is 0 Å². The normalized spacial score (nSPS) is 15.7. The summed E-state index contributed by atoms with van der Waals surface area (Å²) in [5.41, 5.74) is 1.83. The molecule has 1 amide bonds. The van der Waals surface area contributed by atoms with E-state index < -0.39 is 0 Å². The summed E-state index contributed by atoms with van der Waals surface area (Å²) in [6.07, 6.45) is 2.29. The lowest BCUT2D eigenvalue weighted by Gasteiger charge is -2.35. The van der Waals surface area contributed by atoms with Crippen LogP contribution in [-0.2, 0) is 11.2 Å². The molecule has 134 valence electrons. The minimum absolute atomic E-state index is 0.172. The molecule has 2 heterocycles. The van der Waals surface area contributed by atoms with E-state index in [9.17, 15) is 4.79 Å². The van der Waals surface area contributed by atoms with Crippen LogP contribution in [0, 0.1) is 0 Å². The standard InChI is InChI=1S/C19H27N5O/c1-21(2)10-11-22-12-14-23(15-13-22)19(25)16-17-8-9-24(20-17)18-6-4-3-5-7-18/h3-9H,10-16H2,1-2H3. The van der Waals surface area contributed by atoms with Crippen LogP contribution in [-0.4, -0.2) is 83.8 Å². The number of nitrogens with zero attached hydrogens (tertiary/aromatic N) is 5. The fourth-order valence-corrected chi connectivity index (χ4v) is 3.01. The van der Waals surface area contributed by atoms with E-state index in [1.54, 1.807) is 0 Å². The Kier molecular flexibility index (Phi) is 5.83. The molecule has 0 spiro atoms. The molecule has 1 aromatic carbocycles. The van der Waals surface area contributed by atoms with E-state index in [0.717, 1.165) is 50.6 Å². The van der Waals surface area contributed by atoms with E-state index in [1.807, 2.05) is 52.2 Å². The number of rotatable bonds is 6. The lowest BCUT2D eigenvalue weighted by molar-refractivity contribution is -0.132. The molecule has 2 aromatic rings. The highest BCUT2D eigenvalue weighted by Gasteiger charge is 2.21. The maximum absolute atomic E-state index is 12.5. The Balaban J connectivity index is 1.49. The lowest BCUT2D eigenvalue weighted by atomic mass is 10.2. The molecule has 0 bridgehead atoms. The molecule has 0 N–H and O–H groups in total. The number of benzene rings is 1. The third-order valence-corrected chi connectivity index (χ3v) is 4.59. The number of likely N-dealkylation sites (N-methyl/N-ethyl adjacent to an activating group) is 1. The first kappa shape index (κ1) is 17.6. The Labute approximate surface area is 149 Å². The Morgan fingerprint density at radius 3 is 2.48 bits per heavy atom. The average molecular weight is 341 g/mol. The van der Waals surface area contributed by atoms with Gasteiger partial charge in [-0.2, -0.15) is 5.10 Å². The van der Waals surface area contributed by atoms with Gasteiger partial charge in [0, 0.05) is 45.5 Å². The molecule has 1 aromatic heterocycles. The van der Waals surface area contributed by atoms with Gasteiger partial charge in [0.2, 0.25) is 5.91 Å². The minimum Gasteiger partial charge on any atom is -0.340 e. The molecule has 0 radical (unpaired) electrons. The van der Waals surface area contributed by atoms with E-state index in [4.69, 9.17) is 0 Å². The summed E-state index contributed by atoms with van der Waals surface area (Å²) in [7, 11) is 4.18. The summed E-state index contributed by atoms with van der Waals surface area (Å²) in [4.78, 5) is 19.1. The summed E-state index contributed by atoms with van der Waals surface area (Å²) >= 11 is 0. The summed E-state index contributed by atoms with van der Waals surface area (Å²) in [5, 5.41) is 4.53. The number of hydrogen-bond acceptors (Lipinski definition) is 4.